The van der Waals surface area contributed by atoms with E-state index in [1.807, 2.05) is 18.2 Å². The summed E-state index contributed by atoms with van der Waals surface area (Å²) in [5, 5.41) is 3.32. The van der Waals surface area contributed by atoms with Crippen molar-refractivity contribution in [1.29, 1.82) is 0 Å². The van der Waals surface area contributed by atoms with Gasteiger partial charge in [-0.05, 0) is 19.1 Å². The Kier molecular flexibility index (Phi) is 4.91. The molecule has 0 saturated heterocycles. The highest BCUT2D eigenvalue weighted by molar-refractivity contribution is 9.10. The van der Waals surface area contributed by atoms with Crippen molar-refractivity contribution < 1.29 is 9.47 Å². The molecule has 3 nitrogen and oxygen atoms in total. The molecule has 0 spiro atoms. The fourth-order valence-electron chi connectivity index (χ4n) is 1.34. The van der Waals surface area contributed by atoms with Gasteiger partial charge in [0.05, 0.1) is 13.7 Å². The normalized spacial score (nSPS) is 12.3. The molecule has 1 rings (SSSR count). The first-order valence-corrected chi connectivity index (χ1v) is 5.55. The van der Waals surface area contributed by atoms with Crippen LogP contribution in [0.4, 0.5) is 5.69 Å². The van der Waals surface area contributed by atoms with Crippen molar-refractivity contribution in [1.82, 2.24) is 0 Å². The van der Waals surface area contributed by atoms with Gasteiger partial charge in [0, 0.05) is 29.4 Å². The summed E-state index contributed by atoms with van der Waals surface area (Å²) in [6, 6.07) is 6.16. The second kappa shape index (κ2) is 5.98. The van der Waals surface area contributed by atoms with Gasteiger partial charge in [-0.2, -0.15) is 0 Å². The Morgan fingerprint density at radius 2 is 2.07 bits per heavy atom. The summed E-state index contributed by atoms with van der Waals surface area (Å²) < 4.78 is 11.2. The van der Waals surface area contributed by atoms with Crippen LogP contribution in [0.25, 0.3) is 0 Å². The van der Waals surface area contributed by atoms with E-state index in [1.165, 1.54) is 0 Å². The summed E-state index contributed by atoms with van der Waals surface area (Å²) in [5.74, 6) is 0.830. The fourth-order valence-corrected chi connectivity index (χ4v) is 1.81. The molecule has 1 N–H and O–H groups in total. The number of nitrogens with one attached hydrogen (secondary N) is 1. The Balaban J connectivity index is 2.71. The van der Waals surface area contributed by atoms with Crippen LogP contribution in [-0.2, 0) is 4.74 Å². The monoisotopic (exact) mass is 273 g/mol. The maximum atomic E-state index is 5.18. The molecule has 1 unspecified atom stereocenters. The van der Waals surface area contributed by atoms with E-state index in [0.717, 1.165) is 15.9 Å². The molecule has 1 aromatic rings. The molecule has 1 aromatic carbocycles. The zero-order valence-electron chi connectivity index (χ0n) is 9.21. The molecule has 1 atom stereocenters. The average molecular weight is 274 g/mol. The Morgan fingerprint density at radius 1 is 1.33 bits per heavy atom. The van der Waals surface area contributed by atoms with Crippen LogP contribution < -0.4 is 10.1 Å². The number of methoxy groups -OCH3 is 2. The van der Waals surface area contributed by atoms with E-state index in [9.17, 15) is 0 Å². The highest BCUT2D eigenvalue weighted by Gasteiger charge is 2.03. The third-order valence-corrected chi connectivity index (χ3v) is 2.39. The summed E-state index contributed by atoms with van der Waals surface area (Å²) in [7, 11) is 3.35. The zero-order chi connectivity index (χ0) is 11.3. The van der Waals surface area contributed by atoms with Crippen LogP contribution in [-0.4, -0.2) is 26.9 Å². The van der Waals surface area contributed by atoms with Gasteiger partial charge in [0.2, 0.25) is 0 Å². The van der Waals surface area contributed by atoms with E-state index in [1.54, 1.807) is 14.2 Å². The topological polar surface area (TPSA) is 30.5 Å². The van der Waals surface area contributed by atoms with Gasteiger partial charge in [0.15, 0.2) is 0 Å². The lowest BCUT2D eigenvalue weighted by atomic mass is 10.2. The summed E-state index contributed by atoms with van der Waals surface area (Å²) in [5.41, 5.74) is 1.02. The first-order valence-electron chi connectivity index (χ1n) is 4.75. The summed E-state index contributed by atoms with van der Waals surface area (Å²) in [4.78, 5) is 0. The van der Waals surface area contributed by atoms with Crippen LogP contribution in [0, 0.1) is 0 Å². The third-order valence-electron chi connectivity index (χ3n) is 1.94. The van der Waals surface area contributed by atoms with Crippen LogP contribution in [0.15, 0.2) is 22.7 Å². The van der Waals surface area contributed by atoms with Crippen LogP contribution >= 0.6 is 15.9 Å². The predicted octanol–water partition coefficient (Wildman–Crippen LogP) is 2.90. The molecule has 0 aliphatic heterocycles. The molecule has 0 aromatic heterocycles. The van der Waals surface area contributed by atoms with E-state index in [4.69, 9.17) is 9.47 Å². The highest BCUT2D eigenvalue weighted by atomic mass is 79.9. The van der Waals surface area contributed by atoms with Crippen LogP contribution in [0.2, 0.25) is 0 Å². The number of halogens is 1. The minimum absolute atomic E-state index is 0.272. The van der Waals surface area contributed by atoms with Gasteiger partial charge < -0.3 is 14.8 Å². The molecule has 0 aliphatic rings. The molecule has 84 valence electrons. The van der Waals surface area contributed by atoms with Crippen LogP contribution in [0.1, 0.15) is 6.92 Å². The summed E-state index contributed by atoms with van der Waals surface area (Å²) >= 11 is 3.43. The lowest BCUT2D eigenvalue weighted by Gasteiger charge is -2.15. The van der Waals surface area contributed by atoms with Gasteiger partial charge in [-0.25, -0.2) is 0 Å². The quantitative estimate of drug-likeness (QED) is 0.895. The number of anilines is 1. The zero-order valence-corrected chi connectivity index (χ0v) is 10.8. The summed E-state index contributed by atoms with van der Waals surface area (Å²) in [6.07, 6.45) is 0. The fraction of sp³-hybridized carbons (Fsp3) is 0.455. The second-order valence-corrected chi connectivity index (χ2v) is 4.30. The Bertz CT molecular complexity index is 317. The molecular weight excluding hydrogens is 258 g/mol. The second-order valence-electron chi connectivity index (χ2n) is 3.38. The van der Waals surface area contributed by atoms with Crippen LogP contribution in [0.5, 0.6) is 5.75 Å². The van der Waals surface area contributed by atoms with E-state index >= 15 is 0 Å². The molecule has 0 aliphatic carbocycles. The molecule has 0 radical (unpaired) electrons. The standard InChI is InChI=1S/C11H16BrNO2/c1-8(7-14-2)13-10-4-9(12)5-11(6-10)15-3/h4-6,8,13H,7H2,1-3H3. The molecule has 15 heavy (non-hydrogen) atoms. The van der Waals surface area contributed by atoms with Gasteiger partial charge >= 0.3 is 0 Å². The van der Waals surface area contributed by atoms with Crippen molar-refractivity contribution >= 4 is 21.6 Å². The van der Waals surface area contributed by atoms with Crippen molar-refractivity contribution in [3.63, 3.8) is 0 Å². The van der Waals surface area contributed by atoms with Crippen molar-refractivity contribution in [2.24, 2.45) is 0 Å². The lowest BCUT2D eigenvalue weighted by molar-refractivity contribution is 0.190. The Labute approximate surface area is 98.9 Å². The number of rotatable bonds is 5. The summed E-state index contributed by atoms with van der Waals surface area (Å²) in [6.45, 7) is 2.74. The number of ether oxygens (including phenoxy) is 2. The minimum Gasteiger partial charge on any atom is -0.497 e. The molecule has 0 fully saturated rings. The van der Waals surface area contributed by atoms with Gasteiger partial charge in [-0.1, -0.05) is 15.9 Å². The first-order chi connectivity index (χ1) is 7.15. The van der Waals surface area contributed by atoms with Gasteiger partial charge in [0.1, 0.15) is 5.75 Å². The van der Waals surface area contributed by atoms with Crippen molar-refractivity contribution in [3.8, 4) is 5.75 Å². The van der Waals surface area contributed by atoms with Gasteiger partial charge in [-0.15, -0.1) is 0 Å². The van der Waals surface area contributed by atoms with Crippen molar-refractivity contribution in [2.75, 3.05) is 26.1 Å². The maximum Gasteiger partial charge on any atom is 0.122 e. The Morgan fingerprint density at radius 3 is 2.67 bits per heavy atom. The molecular formula is C11H16BrNO2. The minimum atomic E-state index is 0.272. The lowest BCUT2D eigenvalue weighted by Crippen LogP contribution is -2.20. The molecule has 0 amide bonds. The molecule has 0 heterocycles. The third kappa shape index (κ3) is 4.10. The van der Waals surface area contributed by atoms with E-state index in [2.05, 4.69) is 28.2 Å². The highest BCUT2D eigenvalue weighted by Crippen LogP contribution is 2.24. The first kappa shape index (κ1) is 12.3. The van der Waals surface area contributed by atoms with Crippen LogP contribution in [0.3, 0.4) is 0 Å². The van der Waals surface area contributed by atoms with E-state index in [0.29, 0.717) is 6.61 Å². The number of benzene rings is 1. The smallest absolute Gasteiger partial charge is 0.122 e. The largest absolute Gasteiger partial charge is 0.497 e. The van der Waals surface area contributed by atoms with E-state index < -0.39 is 0 Å². The SMILES string of the molecule is COCC(C)Nc1cc(Br)cc(OC)c1. The number of hydrogen-bond acceptors (Lipinski definition) is 3. The average Bonchev–Trinajstić information content (AvgIpc) is 2.17. The van der Waals surface area contributed by atoms with E-state index in [-0.39, 0.29) is 6.04 Å². The molecule has 4 heteroatoms. The van der Waals surface area contributed by atoms with Crippen molar-refractivity contribution in [2.45, 2.75) is 13.0 Å². The van der Waals surface area contributed by atoms with Crippen molar-refractivity contribution in [3.05, 3.63) is 22.7 Å². The Hall–Kier alpha value is -0.740. The predicted molar refractivity (Wildman–Crippen MR) is 65.7 cm³/mol. The molecule has 0 saturated carbocycles. The van der Waals surface area contributed by atoms with Gasteiger partial charge in [-0.3, -0.25) is 0 Å². The number of hydrogen-bond donors (Lipinski definition) is 1. The van der Waals surface area contributed by atoms with Gasteiger partial charge in [0.25, 0.3) is 0 Å². The maximum absolute atomic E-state index is 5.18. The molecule has 0 bridgehead atoms.